The van der Waals surface area contributed by atoms with Crippen molar-refractivity contribution >= 4 is 16.9 Å². The molecule has 2 unspecified atom stereocenters. The highest BCUT2D eigenvalue weighted by molar-refractivity contribution is 5.86. The summed E-state index contributed by atoms with van der Waals surface area (Å²) in [4.78, 5) is 14.2. The molecule has 3 aromatic heterocycles. The monoisotopic (exact) mass is 325 g/mol. The number of aromatic amines is 1. The Balaban J connectivity index is 1.40. The normalized spacial score (nSPS) is 22.0. The first-order chi connectivity index (χ1) is 11.8. The van der Waals surface area contributed by atoms with Crippen LogP contribution < -0.4 is 5.32 Å². The highest BCUT2D eigenvalue weighted by Crippen LogP contribution is 2.26. The first-order valence-corrected chi connectivity index (χ1v) is 8.56. The van der Waals surface area contributed by atoms with Gasteiger partial charge in [0.2, 0.25) is 0 Å². The fraction of sp³-hybridized carbons (Fsp3) is 0.444. The van der Waals surface area contributed by atoms with Gasteiger partial charge in [0.25, 0.3) is 0 Å². The molecule has 0 saturated carbocycles. The standard InChI is InChI=1S/C18H23N5O/c1-13-5-7-23(11-15-3-2-8-24-15)10-14(13)9-20-18-16-4-6-19-17(16)21-12-22-18/h2-4,6,8,12-14H,5,7,9-11H2,1H3,(H2,19,20,21,22). The van der Waals surface area contributed by atoms with Crippen molar-refractivity contribution in [3.8, 4) is 0 Å². The molecule has 0 aromatic carbocycles. The van der Waals surface area contributed by atoms with Crippen LogP contribution in [0, 0.1) is 11.8 Å². The molecule has 24 heavy (non-hydrogen) atoms. The third-order valence-electron chi connectivity index (χ3n) is 5.04. The number of fused-ring (bicyclic) bond motifs is 1. The van der Waals surface area contributed by atoms with Gasteiger partial charge in [-0.3, -0.25) is 4.90 Å². The van der Waals surface area contributed by atoms with E-state index in [1.165, 1.54) is 6.42 Å². The van der Waals surface area contributed by atoms with Crippen LogP contribution in [0.25, 0.3) is 11.0 Å². The molecule has 0 bridgehead atoms. The Kier molecular flexibility index (Phi) is 4.21. The number of nitrogens with zero attached hydrogens (tertiary/aromatic N) is 3. The van der Waals surface area contributed by atoms with Gasteiger partial charge < -0.3 is 14.7 Å². The molecule has 2 N–H and O–H groups in total. The summed E-state index contributed by atoms with van der Waals surface area (Å²) in [6.45, 7) is 6.38. The zero-order chi connectivity index (χ0) is 16.4. The molecular weight excluding hydrogens is 302 g/mol. The second-order valence-electron chi connectivity index (χ2n) is 6.68. The fourth-order valence-corrected chi connectivity index (χ4v) is 3.50. The number of H-pyrrole nitrogens is 1. The van der Waals surface area contributed by atoms with E-state index >= 15 is 0 Å². The lowest BCUT2D eigenvalue weighted by Crippen LogP contribution is -2.41. The van der Waals surface area contributed by atoms with Crippen molar-refractivity contribution in [3.05, 3.63) is 42.7 Å². The number of aromatic nitrogens is 3. The topological polar surface area (TPSA) is 70.0 Å². The molecular formula is C18H23N5O. The first kappa shape index (κ1) is 15.2. The van der Waals surface area contributed by atoms with E-state index in [0.29, 0.717) is 11.8 Å². The summed E-state index contributed by atoms with van der Waals surface area (Å²) in [6, 6.07) is 6.03. The van der Waals surface area contributed by atoms with Crippen LogP contribution in [0.3, 0.4) is 0 Å². The van der Waals surface area contributed by atoms with Crippen LogP contribution in [0.15, 0.2) is 41.4 Å². The van der Waals surface area contributed by atoms with Crippen LogP contribution >= 0.6 is 0 Å². The quantitative estimate of drug-likeness (QED) is 0.754. The zero-order valence-corrected chi connectivity index (χ0v) is 13.9. The third-order valence-corrected chi connectivity index (χ3v) is 5.04. The second kappa shape index (κ2) is 6.65. The highest BCUT2D eigenvalue weighted by atomic mass is 16.3. The molecule has 1 fully saturated rings. The predicted octanol–water partition coefficient (Wildman–Crippen LogP) is 3.12. The van der Waals surface area contributed by atoms with Gasteiger partial charge in [-0.1, -0.05) is 6.92 Å². The SMILES string of the molecule is CC1CCN(Cc2ccco2)CC1CNc1ncnc2[nH]ccc12. The maximum absolute atomic E-state index is 5.49. The minimum atomic E-state index is 0.595. The molecule has 0 radical (unpaired) electrons. The van der Waals surface area contributed by atoms with Crippen LogP contribution in [0.4, 0.5) is 5.82 Å². The van der Waals surface area contributed by atoms with E-state index in [0.717, 1.165) is 48.8 Å². The average Bonchev–Trinajstić information content (AvgIpc) is 3.26. The van der Waals surface area contributed by atoms with Crippen LogP contribution in [0.1, 0.15) is 19.1 Å². The molecule has 2 atom stereocenters. The van der Waals surface area contributed by atoms with E-state index in [9.17, 15) is 0 Å². The Labute approximate surface area is 141 Å². The fourth-order valence-electron chi connectivity index (χ4n) is 3.50. The van der Waals surface area contributed by atoms with Gasteiger partial charge in [0.05, 0.1) is 18.2 Å². The van der Waals surface area contributed by atoms with E-state index in [2.05, 4.69) is 38.2 Å². The van der Waals surface area contributed by atoms with Crippen molar-refractivity contribution in [2.45, 2.75) is 19.9 Å². The number of furan rings is 1. The van der Waals surface area contributed by atoms with Gasteiger partial charge in [-0.25, -0.2) is 9.97 Å². The second-order valence-corrected chi connectivity index (χ2v) is 6.68. The van der Waals surface area contributed by atoms with E-state index in [4.69, 9.17) is 4.42 Å². The van der Waals surface area contributed by atoms with Gasteiger partial charge in [-0.05, 0) is 43.0 Å². The maximum atomic E-state index is 5.49. The summed E-state index contributed by atoms with van der Waals surface area (Å²) in [5, 5.41) is 4.58. The summed E-state index contributed by atoms with van der Waals surface area (Å²) >= 11 is 0. The Morgan fingerprint density at radius 3 is 3.21 bits per heavy atom. The number of likely N-dealkylation sites (tertiary alicyclic amines) is 1. The lowest BCUT2D eigenvalue weighted by atomic mass is 9.87. The molecule has 4 rings (SSSR count). The number of hydrogen-bond donors (Lipinski definition) is 2. The van der Waals surface area contributed by atoms with Gasteiger partial charge in [0.15, 0.2) is 0 Å². The van der Waals surface area contributed by atoms with Crippen LogP contribution in [-0.2, 0) is 6.54 Å². The summed E-state index contributed by atoms with van der Waals surface area (Å²) < 4.78 is 5.49. The van der Waals surface area contributed by atoms with Crippen molar-refractivity contribution in [1.82, 2.24) is 19.9 Å². The molecule has 0 spiro atoms. The van der Waals surface area contributed by atoms with Gasteiger partial charge in [-0.2, -0.15) is 0 Å². The summed E-state index contributed by atoms with van der Waals surface area (Å²) in [6.07, 6.45) is 6.47. The number of hydrogen-bond acceptors (Lipinski definition) is 5. The summed E-state index contributed by atoms with van der Waals surface area (Å²) in [5.41, 5.74) is 0.878. The van der Waals surface area contributed by atoms with Gasteiger partial charge in [-0.15, -0.1) is 0 Å². The summed E-state index contributed by atoms with van der Waals surface area (Å²) in [7, 11) is 0. The maximum Gasteiger partial charge on any atom is 0.142 e. The molecule has 4 heterocycles. The van der Waals surface area contributed by atoms with Gasteiger partial charge >= 0.3 is 0 Å². The zero-order valence-electron chi connectivity index (χ0n) is 13.9. The van der Waals surface area contributed by atoms with Gasteiger partial charge in [0.1, 0.15) is 23.6 Å². The average molecular weight is 325 g/mol. The van der Waals surface area contributed by atoms with Crippen LogP contribution in [-0.4, -0.2) is 39.5 Å². The summed E-state index contributed by atoms with van der Waals surface area (Å²) in [5.74, 6) is 3.25. The van der Waals surface area contributed by atoms with E-state index in [1.54, 1.807) is 12.6 Å². The van der Waals surface area contributed by atoms with Crippen molar-refractivity contribution in [2.24, 2.45) is 11.8 Å². The molecule has 6 nitrogen and oxygen atoms in total. The number of anilines is 1. The first-order valence-electron chi connectivity index (χ1n) is 8.56. The van der Waals surface area contributed by atoms with E-state index in [1.807, 2.05) is 18.3 Å². The molecule has 1 aliphatic rings. The number of nitrogens with one attached hydrogen (secondary N) is 2. The predicted molar refractivity (Wildman–Crippen MR) is 93.6 cm³/mol. The van der Waals surface area contributed by atoms with Crippen molar-refractivity contribution < 1.29 is 4.42 Å². The molecule has 0 amide bonds. The Morgan fingerprint density at radius 1 is 1.38 bits per heavy atom. The Hall–Kier alpha value is -2.34. The minimum absolute atomic E-state index is 0.595. The molecule has 1 saturated heterocycles. The smallest absolute Gasteiger partial charge is 0.142 e. The molecule has 1 aliphatic heterocycles. The third kappa shape index (κ3) is 3.14. The lowest BCUT2D eigenvalue weighted by Gasteiger charge is -2.36. The van der Waals surface area contributed by atoms with Crippen molar-refractivity contribution in [2.75, 3.05) is 25.0 Å². The van der Waals surface area contributed by atoms with Crippen LogP contribution in [0.2, 0.25) is 0 Å². The number of piperidine rings is 1. The lowest BCUT2D eigenvalue weighted by molar-refractivity contribution is 0.121. The molecule has 126 valence electrons. The molecule has 0 aliphatic carbocycles. The van der Waals surface area contributed by atoms with Crippen LogP contribution in [0.5, 0.6) is 0 Å². The molecule has 3 aromatic rings. The Morgan fingerprint density at radius 2 is 2.33 bits per heavy atom. The molecule has 6 heteroatoms. The number of rotatable bonds is 5. The van der Waals surface area contributed by atoms with Gasteiger partial charge in [0, 0.05) is 19.3 Å². The van der Waals surface area contributed by atoms with E-state index in [-0.39, 0.29) is 0 Å². The Bertz CT molecular complexity index is 782. The van der Waals surface area contributed by atoms with Crippen molar-refractivity contribution in [1.29, 1.82) is 0 Å². The van der Waals surface area contributed by atoms with E-state index < -0.39 is 0 Å². The minimum Gasteiger partial charge on any atom is -0.468 e. The van der Waals surface area contributed by atoms with Crippen molar-refractivity contribution in [3.63, 3.8) is 0 Å². The highest BCUT2D eigenvalue weighted by Gasteiger charge is 2.26. The largest absolute Gasteiger partial charge is 0.468 e.